The SMILES string of the molecule is CC(=O)NC1CCC(COc2nc(Nc3cn(C(C)(C)C#N)nc3C)ncc2Cl)CC1. The fourth-order valence-electron chi connectivity index (χ4n) is 3.51. The summed E-state index contributed by atoms with van der Waals surface area (Å²) in [5.74, 6) is 1.07. The van der Waals surface area contributed by atoms with Crippen molar-refractivity contribution in [1.82, 2.24) is 25.1 Å². The van der Waals surface area contributed by atoms with Crippen LogP contribution in [0.15, 0.2) is 12.4 Å². The summed E-state index contributed by atoms with van der Waals surface area (Å²) >= 11 is 6.23. The van der Waals surface area contributed by atoms with E-state index in [2.05, 4.69) is 31.8 Å². The minimum Gasteiger partial charge on any atom is -0.476 e. The van der Waals surface area contributed by atoms with Crippen LogP contribution in [0.2, 0.25) is 5.02 Å². The number of carbonyl (C=O) groups excluding carboxylic acids is 1. The first-order valence-electron chi connectivity index (χ1n) is 10.4. The second kappa shape index (κ2) is 9.52. The molecule has 1 aliphatic carbocycles. The highest BCUT2D eigenvalue weighted by atomic mass is 35.5. The van der Waals surface area contributed by atoms with Gasteiger partial charge in [0.05, 0.1) is 36.5 Å². The van der Waals surface area contributed by atoms with Gasteiger partial charge in [-0.3, -0.25) is 9.48 Å². The van der Waals surface area contributed by atoms with E-state index in [4.69, 9.17) is 16.3 Å². The van der Waals surface area contributed by atoms with Crippen molar-refractivity contribution >= 4 is 29.1 Å². The molecule has 10 heteroatoms. The van der Waals surface area contributed by atoms with Gasteiger partial charge in [0.25, 0.3) is 0 Å². The molecule has 0 radical (unpaired) electrons. The zero-order chi connectivity index (χ0) is 22.6. The Bertz CT molecular complexity index is 975. The molecule has 0 aliphatic heterocycles. The smallest absolute Gasteiger partial charge is 0.237 e. The Balaban J connectivity index is 1.61. The van der Waals surface area contributed by atoms with Crippen LogP contribution < -0.4 is 15.4 Å². The van der Waals surface area contributed by atoms with E-state index in [0.29, 0.717) is 35.1 Å². The summed E-state index contributed by atoms with van der Waals surface area (Å²) in [7, 11) is 0. The van der Waals surface area contributed by atoms with Gasteiger partial charge in [-0.15, -0.1) is 0 Å². The Kier molecular flexibility index (Phi) is 7.01. The third kappa shape index (κ3) is 5.85. The number of rotatable bonds is 7. The van der Waals surface area contributed by atoms with Gasteiger partial charge in [0.2, 0.25) is 17.7 Å². The van der Waals surface area contributed by atoms with Crippen molar-refractivity contribution in [3.63, 3.8) is 0 Å². The number of amides is 1. The Hall–Kier alpha value is -2.86. The molecule has 2 aromatic heterocycles. The molecular weight excluding hydrogens is 418 g/mol. The molecule has 9 nitrogen and oxygen atoms in total. The maximum absolute atomic E-state index is 11.2. The van der Waals surface area contributed by atoms with E-state index in [1.165, 1.54) is 6.20 Å². The van der Waals surface area contributed by atoms with Gasteiger partial charge in [0.15, 0.2) is 0 Å². The van der Waals surface area contributed by atoms with Crippen LogP contribution in [0, 0.1) is 24.2 Å². The third-order valence-corrected chi connectivity index (χ3v) is 5.67. The normalized spacial score (nSPS) is 18.8. The standard InChI is InChI=1S/C21H28ClN7O2/c1-13-18(10-29(28-13)21(3,4)12-23)26-20-24-9-17(22)19(27-20)31-11-15-5-7-16(8-6-15)25-14(2)30/h9-10,15-16H,5-8,11H2,1-4H3,(H,25,30)(H,24,26,27). The highest BCUT2D eigenvalue weighted by Gasteiger charge is 2.24. The lowest BCUT2D eigenvalue weighted by Crippen LogP contribution is -2.37. The lowest BCUT2D eigenvalue weighted by molar-refractivity contribution is -0.119. The summed E-state index contributed by atoms with van der Waals surface area (Å²) in [4.78, 5) is 19.8. The van der Waals surface area contributed by atoms with E-state index in [-0.39, 0.29) is 11.9 Å². The number of nitrogens with one attached hydrogen (secondary N) is 2. The molecule has 2 heterocycles. The maximum atomic E-state index is 11.2. The monoisotopic (exact) mass is 445 g/mol. The van der Waals surface area contributed by atoms with Gasteiger partial charge >= 0.3 is 0 Å². The first-order valence-corrected chi connectivity index (χ1v) is 10.7. The van der Waals surface area contributed by atoms with E-state index >= 15 is 0 Å². The number of hydrogen-bond acceptors (Lipinski definition) is 7. The number of ether oxygens (including phenoxy) is 1. The maximum Gasteiger partial charge on any atom is 0.237 e. The summed E-state index contributed by atoms with van der Waals surface area (Å²) < 4.78 is 7.51. The van der Waals surface area contributed by atoms with Crippen molar-refractivity contribution in [3.8, 4) is 11.9 Å². The second-order valence-electron chi connectivity index (χ2n) is 8.44. The molecule has 3 rings (SSSR count). The van der Waals surface area contributed by atoms with Crippen LogP contribution in [-0.2, 0) is 10.3 Å². The minimum atomic E-state index is -0.765. The van der Waals surface area contributed by atoms with Gasteiger partial charge in [-0.1, -0.05) is 11.6 Å². The molecule has 166 valence electrons. The first-order chi connectivity index (χ1) is 14.7. The highest BCUT2D eigenvalue weighted by Crippen LogP contribution is 2.29. The average molecular weight is 446 g/mol. The fourth-order valence-corrected chi connectivity index (χ4v) is 3.66. The van der Waals surface area contributed by atoms with Crippen molar-refractivity contribution in [1.29, 1.82) is 5.26 Å². The van der Waals surface area contributed by atoms with Crippen LogP contribution in [0.4, 0.5) is 11.6 Å². The van der Waals surface area contributed by atoms with E-state index in [1.54, 1.807) is 31.6 Å². The highest BCUT2D eigenvalue weighted by molar-refractivity contribution is 6.31. The second-order valence-corrected chi connectivity index (χ2v) is 8.85. The largest absolute Gasteiger partial charge is 0.476 e. The molecule has 0 atom stereocenters. The summed E-state index contributed by atoms with van der Waals surface area (Å²) in [6, 6.07) is 2.47. The quantitative estimate of drug-likeness (QED) is 0.666. The van der Waals surface area contributed by atoms with Crippen LogP contribution in [0.25, 0.3) is 0 Å². The predicted octanol–water partition coefficient (Wildman–Crippen LogP) is 3.71. The van der Waals surface area contributed by atoms with Crippen molar-refractivity contribution in [2.75, 3.05) is 11.9 Å². The molecular formula is C21H28ClN7O2. The number of anilines is 2. The van der Waals surface area contributed by atoms with Gasteiger partial charge in [-0.25, -0.2) is 4.98 Å². The van der Waals surface area contributed by atoms with E-state index in [9.17, 15) is 10.1 Å². The molecule has 31 heavy (non-hydrogen) atoms. The van der Waals surface area contributed by atoms with Crippen molar-refractivity contribution in [2.45, 2.75) is 65.0 Å². The Morgan fingerprint density at radius 2 is 2.10 bits per heavy atom. The molecule has 0 spiro atoms. The number of aromatic nitrogens is 4. The molecule has 1 aliphatic rings. The van der Waals surface area contributed by atoms with Gasteiger partial charge in [0.1, 0.15) is 10.6 Å². The van der Waals surface area contributed by atoms with Gasteiger partial charge in [-0.2, -0.15) is 15.3 Å². The first kappa shape index (κ1) is 22.8. The van der Waals surface area contributed by atoms with Crippen LogP contribution in [0.5, 0.6) is 5.88 Å². The molecule has 2 N–H and O–H groups in total. The lowest BCUT2D eigenvalue weighted by atomic mass is 9.86. The Morgan fingerprint density at radius 3 is 2.74 bits per heavy atom. The third-order valence-electron chi connectivity index (χ3n) is 5.41. The molecule has 2 aromatic rings. The van der Waals surface area contributed by atoms with Crippen LogP contribution in [0.1, 0.15) is 52.1 Å². The number of aryl methyl sites for hydroxylation is 1. The Labute approximate surface area is 187 Å². The number of halogens is 1. The molecule has 1 saturated carbocycles. The molecule has 0 aromatic carbocycles. The summed E-state index contributed by atoms with van der Waals surface area (Å²) in [5, 5.41) is 20.2. The zero-order valence-corrected chi connectivity index (χ0v) is 19.0. The molecule has 0 saturated heterocycles. The van der Waals surface area contributed by atoms with E-state index < -0.39 is 5.54 Å². The molecule has 1 amide bonds. The fraction of sp³-hybridized carbons (Fsp3) is 0.571. The van der Waals surface area contributed by atoms with Crippen LogP contribution >= 0.6 is 11.6 Å². The van der Waals surface area contributed by atoms with Gasteiger partial charge in [-0.05, 0) is 52.4 Å². The molecule has 0 bridgehead atoms. The van der Waals surface area contributed by atoms with Crippen molar-refractivity contribution < 1.29 is 9.53 Å². The number of nitrogens with zero attached hydrogens (tertiary/aromatic N) is 5. The van der Waals surface area contributed by atoms with Crippen molar-refractivity contribution in [3.05, 3.63) is 23.1 Å². The van der Waals surface area contributed by atoms with Crippen LogP contribution in [0.3, 0.4) is 0 Å². The number of carbonyl (C=O) groups is 1. The molecule has 1 fully saturated rings. The average Bonchev–Trinajstić information content (AvgIpc) is 3.10. The minimum absolute atomic E-state index is 0.0180. The number of hydrogen-bond donors (Lipinski definition) is 2. The lowest BCUT2D eigenvalue weighted by Gasteiger charge is -2.28. The topological polar surface area (TPSA) is 118 Å². The summed E-state index contributed by atoms with van der Waals surface area (Å²) in [5.41, 5.74) is 0.659. The Morgan fingerprint density at radius 1 is 1.39 bits per heavy atom. The number of nitriles is 1. The summed E-state index contributed by atoms with van der Waals surface area (Å²) in [6.45, 7) is 7.48. The molecule has 0 unspecified atom stereocenters. The van der Waals surface area contributed by atoms with Gasteiger partial charge in [0, 0.05) is 13.0 Å². The van der Waals surface area contributed by atoms with Crippen LogP contribution in [-0.4, -0.2) is 38.3 Å². The summed E-state index contributed by atoms with van der Waals surface area (Å²) in [6.07, 6.45) is 7.10. The predicted molar refractivity (Wildman–Crippen MR) is 117 cm³/mol. The van der Waals surface area contributed by atoms with Gasteiger partial charge < -0.3 is 15.4 Å². The zero-order valence-electron chi connectivity index (χ0n) is 18.3. The van der Waals surface area contributed by atoms with E-state index in [1.807, 2.05) is 6.92 Å². The van der Waals surface area contributed by atoms with Crippen molar-refractivity contribution in [2.24, 2.45) is 5.92 Å². The van der Waals surface area contributed by atoms with E-state index in [0.717, 1.165) is 31.4 Å².